The summed E-state index contributed by atoms with van der Waals surface area (Å²) in [4.78, 5) is 43.8. The van der Waals surface area contributed by atoms with Crippen molar-refractivity contribution in [1.82, 2.24) is 29.7 Å². The van der Waals surface area contributed by atoms with E-state index in [4.69, 9.17) is 17.3 Å². The Kier molecular flexibility index (Phi) is 7.94. The van der Waals surface area contributed by atoms with Gasteiger partial charge in [-0.2, -0.15) is 0 Å². The van der Waals surface area contributed by atoms with E-state index in [0.29, 0.717) is 28.3 Å². The predicted octanol–water partition coefficient (Wildman–Crippen LogP) is 1.37. The lowest BCUT2D eigenvalue weighted by atomic mass is 10.1. The molecule has 1 saturated heterocycles. The van der Waals surface area contributed by atoms with Gasteiger partial charge in [0, 0.05) is 59.7 Å². The number of hydrogen-bond acceptors (Lipinski definition) is 8. The molecule has 1 atom stereocenters. The van der Waals surface area contributed by atoms with Crippen LogP contribution in [0.15, 0.2) is 48.8 Å². The highest BCUT2D eigenvalue weighted by atomic mass is 35.5. The summed E-state index contributed by atoms with van der Waals surface area (Å²) < 4.78 is 0. The second-order valence-corrected chi connectivity index (χ2v) is 10.1. The molecule has 0 spiro atoms. The van der Waals surface area contributed by atoms with Gasteiger partial charge < -0.3 is 30.7 Å². The molecule has 5 N–H and O–H groups in total. The molecule has 11 nitrogen and oxygen atoms in total. The fourth-order valence-electron chi connectivity index (χ4n) is 5.09. The molecular formula is C27H30ClN7O4. The van der Waals surface area contributed by atoms with Gasteiger partial charge in [0.25, 0.3) is 0 Å². The van der Waals surface area contributed by atoms with Crippen molar-refractivity contribution in [2.75, 3.05) is 45.1 Å². The molecular weight excluding hydrogens is 522 g/mol. The molecule has 0 radical (unpaired) electrons. The van der Waals surface area contributed by atoms with Gasteiger partial charge in [-0.25, -0.2) is 9.97 Å². The number of carbonyl (C=O) groups is 2. The number of aliphatic hydroxyl groups is 2. The maximum Gasteiger partial charge on any atom is 0.246 e. The van der Waals surface area contributed by atoms with Crippen molar-refractivity contribution in [3.05, 3.63) is 65.1 Å². The minimum atomic E-state index is -0.811. The number of aromatic nitrogens is 3. The summed E-state index contributed by atoms with van der Waals surface area (Å²) in [6.45, 7) is 0.667. The maximum atomic E-state index is 13.7. The molecule has 3 heterocycles. The van der Waals surface area contributed by atoms with E-state index in [0.717, 1.165) is 22.2 Å². The first-order chi connectivity index (χ1) is 18.9. The van der Waals surface area contributed by atoms with Crippen molar-refractivity contribution in [2.45, 2.75) is 19.1 Å². The second kappa shape index (κ2) is 11.5. The Bertz CT molecular complexity index is 1500. The molecule has 2 aromatic carbocycles. The van der Waals surface area contributed by atoms with E-state index in [1.807, 2.05) is 47.4 Å². The van der Waals surface area contributed by atoms with Crippen LogP contribution in [0.5, 0.6) is 0 Å². The number of nitrogens with zero attached hydrogens (tertiary/aromatic N) is 5. The number of amides is 2. The summed E-state index contributed by atoms with van der Waals surface area (Å²) in [7, 11) is 0. The van der Waals surface area contributed by atoms with Gasteiger partial charge >= 0.3 is 0 Å². The minimum absolute atomic E-state index is 0.0624. The standard InChI is InChI=1S/C27H30ClN7O4/c28-19-2-4-22-18(10-19)11-20(32-22)13-33-14-24(27(39)34(5-7-36)6-8-37)35(25(38)15-33)12-17-1-3-21-23(9-17)30-16-31-26(21)29/h1-4,9-11,16,24,32,36-37H,5-8,12-15H2,(H2,29,30,31). The molecule has 0 aliphatic carbocycles. The largest absolute Gasteiger partial charge is 0.395 e. The van der Waals surface area contributed by atoms with Crippen LogP contribution in [0, 0.1) is 0 Å². The molecule has 0 bridgehead atoms. The van der Waals surface area contributed by atoms with Gasteiger partial charge in [0.2, 0.25) is 11.8 Å². The number of aliphatic hydroxyl groups excluding tert-OH is 2. The second-order valence-electron chi connectivity index (χ2n) is 9.62. The number of nitrogens with one attached hydrogen (secondary N) is 1. The van der Waals surface area contributed by atoms with Gasteiger partial charge in [-0.3, -0.25) is 14.5 Å². The van der Waals surface area contributed by atoms with Gasteiger partial charge in [0.15, 0.2) is 0 Å². The van der Waals surface area contributed by atoms with Crippen molar-refractivity contribution < 1.29 is 19.8 Å². The molecule has 12 heteroatoms. The zero-order chi connectivity index (χ0) is 27.5. The van der Waals surface area contributed by atoms with Crippen molar-refractivity contribution in [3.63, 3.8) is 0 Å². The van der Waals surface area contributed by atoms with Gasteiger partial charge in [-0.15, -0.1) is 0 Å². The van der Waals surface area contributed by atoms with Crippen LogP contribution in [0.3, 0.4) is 0 Å². The van der Waals surface area contributed by atoms with E-state index < -0.39 is 6.04 Å². The Morgan fingerprint density at radius 3 is 2.67 bits per heavy atom. The Labute approximate surface area is 229 Å². The summed E-state index contributed by atoms with van der Waals surface area (Å²) in [5.41, 5.74) is 9.23. The normalized spacial score (nSPS) is 16.3. The number of piperazine rings is 1. The number of carbonyl (C=O) groups excluding carboxylic acids is 2. The van der Waals surface area contributed by atoms with Crippen LogP contribution in [0.1, 0.15) is 11.3 Å². The third kappa shape index (κ3) is 5.81. The summed E-state index contributed by atoms with van der Waals surface area (Å²) in [6.07, 6.45) is 1.39. The molecule has 39 heavy (non-hydrogen) atoms. The highest BCUT2D eigenvalue weighted by Crippen LogP contribution is 2.24. The maximum absolute atomic E-state index is 13.7. The van der Waals surface area contributed by atoms with Gasteiger partial charge in [0.1, 0.15) is 18.2 Å². The Morgan fingerprint density at radius 2 is 1.90 bits per heavy atom. The molecule has 4 aromatic rings. The number of rotatable bonds is 9. The third-order valence-corrected chi connectivity index (χ3v) is 7.18. The molecule has 1 fully saturated rings. The number of anilines is 1. The summed E-state index contributed by atoms with van der Waals surface area (Å²) >= 11 is 6.13. The van der Waals surface area contributed by atoms with Gasteiger partial charge in [-0.05, 0) is 42.0 Å². The SMILES string of the molecule is Nc1ncnc2cc(CN3C(=O)CN(Cc4cc5cc(Cl)ccc5[nH]4)CC3C(=O)N(CCO)CCO)ccc12. The lowest BCUT2D eigenvalue weighted by molar-refractivity contribution is -0.153. The molecule has 1 aliphatic heterocycles. The van der Waals surface area contributed by atoms with Crippen LogP contribution in [-0.4, -0.2) is 97.1 Å². The fourth-order valence-corrected chi connectivity index (χ4v) is 5.27. The van der Waals surface area contributed by atoms with Crippen molar-refractivity contribution in [2.24, 2.45) is 0 Å². The molecule has 1 aliphatic rings. The number of fused-ring (bicyclic) bond motifs is 2. The Hall–Kier alpha value is -3.77. The zero-order valence-corrected chi connectivity index (χ0v) is 22.0. The van der Waals surface area contributed by atoms with Crippen LogP contribution in [0.2, 0.25) is 5.02 Å². The number of nitrogens with two attached hydrogens (primary N) is 1. The highest BCUT2D eigenvalue weighted by Gasteiger charge is 2.39. The fraction of sp³-hybridized carbons (Fsp3) is 0.333. The lowest BCUT2D eigenvalue weighted by Gasteiger charge is -2.42. The van der Waals surface area contributed by atoms with Crippen molar-refractivity contribution in [1.29, 1.82) is 0 Å². The van der Waals surface area contributed by atoms with E-state index in [-0.39, 0.29) is 57.8 Å². The van der Waals surface area contributed by atoms with Crippen LogP contribution in [0.25, 0.3) is 21.8 Å². The third-order valence-electron chi connectivity index (χ3n) is 6.94. The van der Waals surface area contributed by atoms with Crippen molar-refractivity contribution in [3.8, 4) is 0 Å². The monoisotopic (exact) mass is 551 g/mol. The van der Waals surface area contributed by atoms with E-state index in [9.17, 15) is 19.8 Å². The first kappa shape index (κ1) is 26.8. The summed E-state index contributed by atoms with van der Waals surface area (Å²) in [5.74, 6) is -0.159. The molecule has 204 valence electrons. The van der Waals surface area contributed by atoms with Gasteiger partial charge in [0.05, 0.1) is 25.3 Å². The van der Waals surface area contributed by atoms with Gasteiger partial charge in [-0.1, -0.05) is 17.7 Å². The van der Waals surface area contributed by atoms with E-state index in [1.165, 1.54) is 11.2 Å². The quantitative estimate of drug-likeness (QED) is 0.243. The number of H-pyrrole nitrogens is 1. The molecule has 2 aromatic heterocycles. The van der Waals surface area contributed by atoms with E-state index in [1.54, 1.807) is 4.90 Å². The summed E-state index contributed by atoms with van der Waals surface area (Å²) in [5, 5.41) is 21.4. The number of benzene rings is 2. The molecule has 0 saturated carbocycles. The van der Waals surface area contributed by atoms with E-state index >= 15 is 0 Å². The van der Waals surface area contributed by atoms with Crippen molar-refractivity contribution >= 4 is 51.0 Å². The first-order valence-electron chi connectivity index (χ1n) is 12.6. The van der Waals surface area contributed by atoms with Crippen LogP contribution < -0.4 is 5.73 Å². The van der Waals surface area contributed by atoms with Crippen LogP contribution >= 0.6 is 11.6 Å². The average Bonchev–Trinajstić information content (AvgIpc) is 3.31. The number of halogens is 1. The first-order valence-corrected chi connectivity index (χ1v) is 13.0. The average molecular weight is 552 g/mol. The Balaban J connectivity index is 1.42. The number of hydrogen-bond donors (Lipinski definition) is 4. The predicted molar refractivity (Wildman–Crippen MR) is 148 cm³/mol. The molecule has 2 amide bonds. The van der Waals surface area contributed by atoms with E-state index in [2.05, 4.69) is 15.0 Å². The summed E-state index contributed by atoms with van der Waals surface area (Å²) in [6, 6.07) is 12.3. The topological polar surface area (TPSA) is 152 Å². The highest BCUT2D eigenvalue weighted by molar-refractivity contribution is 6.31. The smallest absolute Gasteiger partial charge is 0.246 e. The van der Waals surface area contributed by atoms with Crippen LogP contribution in [0.4, 0.5) is 5.82 Å². The van der Waals surface area contributed by atoms with Crippen LogP contribution in [-0.2, 0) is 22.7 Å². The molecule has 1 unspecified atom stereocenters. The molecule has 5 rings (SSSR count). The minimum Gasteiger partial charge on any atom is -0.395 e. The number of aromatic amines is 1. The Morgan fingerprint density at radius 1 is 1.10 bits per heavy atom. The zero-order valence-electron chi connectivity index (χ0n) is 21.3. The lowest BCUT2D eigenvalue weighted by Crippen LogP contribution is -2.61. The number of nitrogen functional groups attached to an aromatic ring is 1.